The van der Waals surface area contributed by atoms with E-state index in [9.17, 15) is 5.11 Å². The van der Waals surface area contributed by atoms with Crippen molar-refractivity contribution in [3.05, 3.63) is 28.2 Å². The Hall–Kier alpha value is -0.580. The molecule has 0 radical (unpaired) electrons. The van der Waals surface area contributed by atoms with Crippen LogP contribution in [0.4, 0.5) is 5.69 Å². The highest BCUT2D eigenvalue weighted by atomic mass is 79.9. The molecule has 0 aliphatic rings. The summed E-state index contributed by atoms with van der Waals surface area (Å²) in [5.41, 5.74) is 1.73. The maximum Gasteiger partial charge on any atom is 0.0765 e. The van der Waals surface area contributed by atoms with E-state index in [1.54, 1.807) is 0 Å². The summed E-state index contributed by atoms with van der Waals surface area (Å²) >= 11 is 3.53. The number of aliphatic hydroxyl groups is 1. The predicted octanol–water partition coefficient (Wildman–Crippen LogP) is 3.54. The molecule has 0 fully saturated rings. The summed E-state index contributed by atoms with van der Waals surface area (Å²) < 4.78 is 1.07. The smallest absolute Gasteiger partial charge is 0.0765 e. The van der Waals surface area contributed by atoms with Gasteiger partial charge < -0.3 is 15.3 Å². The Morgan fingerprint density at radius 3 is 2.30 bits per heavy atom. The van der Waals surface area contributed by atoms with Gasteiger partial charge in [0.05, 0.1) is 5.60 Å². The van der Waals surface area contributed by atoms with E-state index in [0.29, 0.717) is 6.54 Å². The lowest BCUT2D eigenvalue weighted by Crippen LogP contribution is -2.38. The molecule has 0 aliphatic heterocycles. The van der Waals surface area contributed by atoms with Gasteiger partial charge in [0.1, 0.15) is 0 Å². The third-order valence-corrected chi connectivity index (χ3v) is 3.38. The third-order valence-electron chi connectivity index (χ3n) is 2.89. The molecule has 2 N–H and O–H groups in total. The molecule has 0 saturated heterocycles. The first-order chi connectivity index (χ1) is 8.98. The van der Waals surface area contributed by atoms with E-state index in [2.05, 4.69) is 59.1 Å². The molecule has 0 heterocycles. The van der Waals surface area contributed by atoms with E-state index in [4.69, 9.17) is 0 Å². The van der Waals surface area contributed by atoms with Gasteiger partial charge in [0.2, 0.25) is 0 Å². The van der Waals surface area contributed by atoms with Gasteiger partial charge in [-0.15, -0.1) is 0 Å². The van der Waals surface area contributed by atoms with Crippen molar-refractivity contribution in [1.82, 2.24) is 5.32 Å². The Bertz CT molecular complexity index is 447. The molecule has 20 heavy (non-hydrogen) atoms. The van der Waals surface area contributed by atoms with Crippen LogP contribution in [0.5, 0.6) is 0 Å². The second kappa shape index (κ2) is 6.46. The first kappa shape index (κ1) is 17.5. The van der Waals surface area contributed by atoms with Gasteiger partial charge in [0, 0.05) is 35.8 Å². The molecule has 1 aromatic carbocycles. The molecular weight excluding hydrogens is 316 g/mol. The van der Waals surface area contributed by atoms with Crippen LogP contribution in [0.1, 0.15) is 40.2 Å². The molecule has 114 valence electrons. The van der Waals surface area contributed by atoms with Gasteiger partial charge in [-0.1, -0.05) is 15.9 Å². The number of likely N-dealkylation sites (N-methyl/N-ethyl adjacent to an activating group) is 1. The lowest BCUT2D eigenvalue weighted by Gasteiger charge is -2.30. The van der Waals surface area contributed by atoms with Crippen molar-refractivity contribution in [2.24, 2.45) is 0 Å². The average molecular weight is 343 g/mol. The average Bonchev–Trinajstić information content (AvgIpc) is 2.22. The van der Waals surface area contributed by atoms with Crippen molar-refractivity contribution in [3.8, 4) is 0 Å². The summed E-state index contributed by atoms with van der Waals surface area (Å²) in [7, 11) is 2.02. The van der Waals surface area contributed by atoms with Gasteiger partial charge in [0.15, 0.2) is 0 Å². The Balaban J connectivity index is 2.95. The zero-order valence-corrected chi connectivity index (χ0v) is 15.0. The number of nitrogens with one attached hydrogen (secondary N) is 1. The third kappa shape index (κ3) is 6.25. The van der Waals surface area contributed by atoms with Crippen LogP contribution in [0.3, 0.4) is 0 Å². The number of benzene rings is 1. The summed E-state index contributed by atoms with van der Waals surface area (Å²) in [6.45, 7) is 11.5. The molecule has 0 aliphatic carbocycles. The lowest BCUT2D eigenvalue weighted by molar-refractivity contribution is 0.0886. The maximum absolute atomic E-state index is 9.99. The standard InChI is InChI=1S/C16H27BrN2O/c1-15(2,3)18-10-12-9-13(17)7-8-14(12)19(6)11-16(4,5)20/h7-9,18,20H,10-11H2,1-6H3. The van der Waals surface area contributed by atoms with Gasteiger partial charge in [-0.2, -0.15) is 0 Å². The van der Waals surface area contributed by atoms with Crippen LogP contribution in [-0.2, 0) is 6.54 Å². The molecule has 0 saturated carbocycles. The molecule has 0 atom stereocenters. The molecule has 4 heteroatoms. The number of anilines is 1. The summed E-state index contributed by atoms with van der Waals surface area (Å²) in [6.07, 6.45) is 0. The predicted molar refractivity (Wildman–Crippen MR) is 90.3 cm³/mol. The van der Waals surface area contributed by atoms with Crippen LogP contribution in [0.2, 0.25) is 0 Å². The van der Waals surface area contributed by atoms with Crippen molar-refractivity contribution >= 4 is 21.6 Å². The van der Waals surface area contributed by atoms with Crippen LogP contribution in [0.15, 0.2) is 22.7 Å². The Morgan fingerprint density at radius 2 is 1.80 bits per heavy atom. The van der Waals surface area contributed by atoms with E-state index >= 15 is 0 Å². The molecular formula is C16H27BrN2O. The molecule has 0 unspecified atom stereocenters. The fourth-order valence-corrected chi connectivity index (χ4v) is 2.50. The van der Waals surface area contributed by atoms with Gasteiger partial charge in [-0.3, -0.25) is 0 Å². The lowest BCUT2D eigenvalue weighted by atomic mass is 10.1. The van der Waals surface area contributed by atoms with Crippen LogP contribution in [0, 0.1) is 0 Å². The number of halogens is 1. The van der Waals surface area contributed by atoms with E-state index in [-0.39, 0.29) is 5.54 Å². The Kier molecular flexibility index (Phi) is 5.64. The summed E-state index contributed by atoms with van der Waals surface area (Å²) in [5.74, 6) is 0. The van der Waals surface area contributed by atoms with Crippen molar-refractivity contribution < 1.29 is 5.11 Å². The second-order valence-corrected chi connectivity index (χ2v) is 7.96. The topological polar surface area (TPSA) is 35.5 Å². The van der Waals surface area contributed by atoms with E-state index < -0.39 is 5.60 Å². The highest BCUT2D eigenvalue weighted by molar-refractivity contribution is 9.10. The van der Waals surface area contributed by atoms with Crippen molar-refractivity contribution in [2.45, 2.75) is 52.3 Å². The number of hydrogen-bond acceptors (Lipinski definition) is 3. The minimum atomic E-state index is -0.712. The maximum atomic E-state index is 9.99. The largest absolute Gasteiger partial charge is 0.389 e. The fraction of sp³-hybridized carbons (Fsp3) is 0.625. The minimum absolute atomic E-state index is 0.0778. The van der Waals surface area contributed by atoms with E-state index in [1.165, 1.54) is 5.56 Å². The molecule has 3 nitrogen and oxygen atoms in total. The summed E-state index contributed by atoms with van der Waals surface area (Å²) in [6, 6.07) is 6.27. The number of hydrogen-bond donors (Lipinski definition) is 2. The SMILES string of the molecule is CN(CC(C)(C)O)c1ccc(Br)cc1CNC(C)(C)C. The van der Waals surface area contributed by atoms with Gasteiger partial charge in [0.25, 0.3) is 0 Å². The van der Waals surface area contributed by atoms with Crippen LogP contribution >= 0.6 is 15.9 Å². The minimum Gasteiger partial charge on any atom is -0.389 e. The zero-order valence-electron chi connectivity index (χ0n) is 13.4. The van der Waals surface area contributed by atoms with Gasteiger partial charge in [-0.05, 0) is 58.4 Å². The fourth-order valence-electron chi connectivity index (χ4n) is 2.09. The second-order valence-electron chi connectivity index (χ2n) is 7.05. The van der Waals surface area contributed by atoms with Crippen molar-refractivity contribution in [1.29, 1.82) is 0 Å². The molecule has 1 rings (SSSR count). The molecule has 0 amide bonds. The Labute approximate surface area is 131 Å². The van der Waals surface area contributed by atoms with Crippen molar-refractivity contribution in [3.63, 3.8) is 0 Å². The number of rotatable bonds is 5. The highest BCUT2D eigenvalue weighted by Crippen LogP contribution is 2.25. The quantitative estimate of drug-likeness (QED) is 0.858. The highest BCUT2D eigenvalue weighted by Gasteiger charge is 2.18. The summed E-state index contributed by atoms with van der Waals surface area (Å²) in [4.78, 5) is 2.10. The monoisotopic (exact) mass is 342 g/mol. The molecule has 0 aromatic heterocycles. The van der Waals surface area contributed by atoms with E-state index in [1.807, 2.05) is 27.0 Å². The zero-order chi connectivity index (χ0) is 15.6. The molecule has 0 bridgehead atoms. The van der Waals surface area contributed by atoms with Gasteiger partial charge >= 0.3 is 0 Å². The number of nitrogens with zero attached hydrogens (tertiary/aromatic N) is 1. The van der Waals surface area contributed by atoms with Crippen molar-refractivity contribution in [2.75, 3.05) is 18.5 Å². The molecule has 1 aromatic rings. The Morgan fingerprint density at radius 1 is 1.20 bits per heavy atom. The van der Waals surface area contributed by atoms with Crippen LogP contribution in [-0.4, -0.2) is 29.8 Å². The summed E-state index contributed by atoms with van der Waals surface area (Å²) in [5, 5.41) is 13.5. The first-order valence-corrected chi connectivity index (χ1v) is 7.74. The van der Waals surface area contributed by atoms with Crippen LogP contribution < -0.4 is 10.2 Å². The molecule has 0 spiro atoms. The van der Waals surface area contributed by atoms with E-state index in [0.717, 1.165) is 16.7 Å². The normalized spacial score (nSPS) is 12.6. The van der Waals surface area contributed by atoms with Crippen LogP contribution in [0.25, 0.3) is 0 Å². The first-order valence-electron chi connectivity index (χ1n) is 6.95. The van der Waals surface area contributed by atoms with Gasteiger partial charge in [-0.25, -0.2) is 0 Å².